The molecular weight excluding hydrogens is 294 g/mol. The summed E-state index contributed by atoms with van der Waals surface area (Å²) in [7, 11) is -5.61. The lowest BCUT2D eigenvalue weighted by molar-refractivity contribution is 0.212. The first-order chi connectivity index (χ1) is 8.74. The van der Waals surface area contributed by atoms with Gasteiger partial charge in [-0.15, -0.1) is 0 Å². The first-order valence-electron chi connectivity index (χ1n) is 5.99. The first kappa shape index (κ1) is 16.8. The number of nitrogens with two attached hydrogens (primary N) is 1. The van der Waals surface area contributed by atoms with Crippen LogP contribution in [0.3, 0.4) is 0 Å². The fourth-order valence-corrected chi connectivity index (χ4v) is 3.95. The third-order valence-electron chi connectivity index (χ3n) is 2.99. The number of hydrogen-bond donors (Lipinski definition) is 2. The molecule has 0 amide bonds. The van der Waals surface area contributed by atoms with E-state index in [1.54, 1.807) is 0 Å². The van der Waals surface area contributed by atoms with Crippen LogP contribution in [0, 0.1) is 5.92 Å². The van der Waals surface area contributed by atoms with Crippen molar-refractivity contribution in [1.82, 2.24) is 9.03 Å². The molecule has 1 saturated heterocycles. The molecule has 0 saturated carbocycles. The second-order valence-electron chi connectivity index (χ2n) is 4.57. The van der Waals surface area contributed by atoms with E-state index in [4.69, 9.17) is 9.88 Å². The van der Waals surface area contributed by atoms with Crippen molar-refractivity contribution in [3.05, 3.63) is 0 Å². The predicted octanol–water partition coefficient (Wildman–Crippen LogP) is -1.53. The van der Waals surface area contributed by atoms with Gasteiger partial charge in [0.1, 0.15) is 0 Å². The van der Waals surface area contributed by atoms with Gasteiger partial charge in [-0.05, 0) is 18.8 Å². The molecule has 1 aliphatic rings. The van der Waals surface area contributed by atoms with Crippen molar-refractivity contribution in [3.63, 3.8) is 0 Å². The van der Waals surface area contributed by atoms with Crippen molar-refractivity contribution < 1.29 is 21.6 Å². The molecule has 1 rings (SSSR count). The number of rotatable bonds is 7. The zero-order valence-corrected chi connectivity index (χ0v) is 12.5. The molecule has 19 heavy (non-hydrogen) atoms. The molecule has 0 spiro atoms. The molecule has 3 N–H and O–H groups in total. The standard InChI is InChI=1S/C9H21N3O5S2/c1-17-5-6-18(13,14)12-4-2-3-9(8-12)7-11-19(10,15)16/h9,11H,2-8H2,1H3,(H2,10,15,16). The van der Waals surface area contributed by atoms with Gasteiger partial charge in [-0.1, -0.05) is 0 Å². The van der Waals surface area contributed by atoms with Crippen LogP contribution < -0.4 is 9.86 Å². The Kier molecular flexibility index (Phi) is 6.15. The lowest BCUT2D eigenvalue weighted by atomic mass is 10.0. The van der Waals surface area contributed by atoms with Crippen LogP contribution in [0.5, 0.6) is 0 Å². The van der Waals surface area contributed by atoms with Crippen LogP contribution >= 0.6 is 0 Å². The highest BCUT2D eigenvalue weighted by Gasteiger charge is 2.28. The number of piperidine rings is 1. The monoisotopic (exact) mass is 315 g/mol. The predicted molar refractivity (Wildman–Crippen MR) is 71.1 cm³/mol. The van der Waals surface area contributed by atoms with E-state index in [1.807, 2.05) is 0 Å². The van der Waals surface area contributed by atoms with Crippen LogP contribution in [0.2, 0.25) is 0 Å². The van der Waals surface area contributed by atoms with Gasteiger partial charge in [-0.2, -0.15) is 8.42 Å². The van der Waals surface area contributed by atoms with Crippen LogP contribution in [0.15, 0.2) is 0 Å². The average molecular weight is 315 g/mol. The highest BCUT2D eigenvalue weighted by atomic mass is 32.2. The van der Waals surface area contributed by atoms with E-state index in [0.717, 1.165) is 6.42 Å². The van der Waals surface area contributed by atoms with Gasteiger partial charge in [0.05, 0.1) is 12.4 Å². The van der Waals surface area contributed by atoms with Crippen LogP contribution in [-0.2, 0) is 25.0 Å². The van der Waals surface area contributed by atoms with Crippen molar-refractivity contribution in [2.75, 3.05) is 39.1 Å². The molecule has 0 aromatic heterocycles. The van der Waals surface area contributed by atoms with Gasteiger partial charge >= 0.3 is 0 Å². The zero-order valence-electron chi connectivity index (χ0n) is 10.9. The van der Waals surface area contributed by atoms with E-state index < -0.39 is 20.2 Å². The maximum atomic E-state index is 12.0. The maximum absolute atomic E-state index is 12.0. The summed E-state index contributed by atoms with van der Waals surface area (Å²) in [5.74, 6) is -0.108. The number of sulfonamides is 1. The minimum Gasteiger partial charge on any atom is -0.384 e. The van der Waals surface area contributed by atoms with Crippen molar-refractivity contribution in [1.29, 1.82) is 0 Å². The van der Waals surface area contributed by atoms with Crippen molar-refractivity contribution in [2.24, 2.45) is 11.1 Å². The molecule has 0 aromatic rings. The van der Waals surface area contributed by atoms with Crippen molar-refractivity contribution in [3.8, 4) is 0 Å². The Morgan fingerprint density at radius 2 is 2.05 bits per heavy atom. The molecule has 10 heteroatoms. The quantitative estimate of drug-likeness (QED) is 0.590. The lowest BCUT2D eigenvalue weighted by Gasteiger charge is -2.31. The van der Waals surface area contributed by atoms with Gasteiger partial charge in [-0.25, -0.2) is 22.6 Å². The van der Waals surface area contributed by atoms with E-state index in [2.05, 4.69) is 4.72 Å². The van der Waals surface area contributed by atoms with Crippen molar-refractivity contribution in [2.45, 2.75) is 12.8 Å². The summed E-state index contributed by atoms with van der Waals surface area (Å²) in [4.78, 5) is 0. The van der Waals surface area contributed by atoms with Gasteiger partial charge in [0.15, 0.2) is 0 Å². The average Bonchev–Trinajstić information content (AvgIpc) is 2.33. The Morgan fingerprint density at radius 3 is 2.63 bits per heavy atom. The third-order valence-corrected chi connectivity index (χ3v) is 5.36. The van der Waals surface area contributed by atoms with Crippen LogP contribution in [0.1, 0.15) is 12.8 Å². The molecule has 0 aliphatic carbocycles. The number of ether oxygens (including phenoxy) is 1. The number of nitrogens with zero attached hydrogens (tertiary/aromatic N) is 1. The number of methoxy groups -OCH3 is 1. The molecule has 1 fully saturated rings. The van der Waals surface area contributed by atoms with E-state index in [-0.39, 0.29) is 24.8 Å². The lowest BCUT2D eigenvalue weighted by Crippen LogP contribution is -2.45. The molecule has 1 atom stereocenters. The Bertz CT molecular complexity index is 476. The van der Waals surface area contributed by atoms with E-state index >= 15 is 0 Å². The highest BCUT2D eigenvalue weighted by molar-refractivity contribution is 7.89. The fourth-order valence-electron chi connectivity index (χ4n) is 2.00. The summed E-state index contributed by atoms with van der Waals surface area (Å²) < 4.78 is 53.9. The minimum absolute atomic E-state index is 0.0515. The second-order valence-corrected chi connectivity index (χ2v) is 8.04. The van der Waals surface area contributed by atoms with E-state index in [9.17, 15) is 16.8 Å². The van der Waals surface area contributed by atoms with Gasteiger partial charge in [0.2, 0.25) is 10.0 Å². The Hall–Kier alpha value is -0.260. The Labute approximate surface area is 114 Å². The normalized spacial score (nSPS) is 22.5. The van der Waals surface area contributed by atoms with Crippen LogP contribution in [0.4, 0.5) is 0 Å². The van der Waals surface area contributed by atoms with Gasteiger partial charge in [0.25, 0.3) is 10.2 Å². The third kappa shape index (κ3) is 6.15. The smallest absolute Gasteiger partial charge is 0.274 e. The summed E-state index contributed by atoms with van der Waals surface area (Å²) in [5.41, 5.74) is 0. The molecule has 1 unspecified atom stereocenters. The van der Waals surface area contributed by atoms with Gasteiger partial charge in [-0.3, -0.25) is 0 Å². The molecular formula is C9H21N3O5S2. The number of nitrogens with one attached hydrogen (secondary N) is 1. The maximum Gasteiger partial charge on any atom is 0.274 e. The summed E-state index contributed by atoms with van der Waals surface area (Å²) in [5, 5.41) is 4.85. The van der Waals surface area contributed by atoms with E-state index in [0.29, 0.717) is 19.5 Å². The molecule has 114 valence electrons. The first-order valence-corrected chi connectivity index (χ1v) is 9.14. The summed E-state index contributed by atoms with van der Waals surface area (Å²) >= 11 is 0. The SMILES string of the molecule is COCCS(=O)(=O)N1CCCC(CNS(N)(=O)=O)C1. The summed E-state index contributed by atoms with van der Waals surface area (Å²) in [6.07, 6.45) is 1.49. The molecule has 0 aromatic carbocycles. The topological polar surface area (TPSA) is 119 Å². The Morgan fingerprint density at radius 1 is 1.37 bits per heavy atom. The molecule has 8 nitrogen and oxygen atoms in total. The molecule has 1 heterocycles. The van der Waals surface area contributed by atoms with Crippen molar-refractivity contribution >= 4 is 20.2 Å². The molecule has 0 radical (unpaired) electrons. The van der Waals surface area contributed by atoms with E-state index in [1.165, 1.54) is 11.4 Å². The Balaban J connectivity index is 2.54. The number of hydrogen-bond acceptors (Lipinski definition) is 5. The van der Waals surface area contributed by atoms with Gasteiger partial charge < -0.3 is 4.74 Å². The minimum atomic E-state index is -3.73. The highest BCUT2D eigenvalue weighted by Crippen LogP contribution is 2.19. The zero-order chi connectivity index (χ0) is 14.5. The fraction of sp³-hybridized carbons (Fsp3) is 1.00. The summed E-state index contributed by atoms with van der Waals surface area (Å²) in [6, 6.07) is 0. The molecule has 0 bridgehead atoms. The van der Waals surface area contributed by atoms with Gasteiger partial charge in [0, 0.05) is 26.7 Å². The largest absolute Gasteiger partial charge is 0.384 e. The van der Waals surface area contributed by atoms with Crippen LogP contribution in [0.25, 0.3) is 0 Å². The molecule has 1 aliphatic heterocycles. The second kappa shape index (κ2) is 6.95. The summed E-state index contributed by atoms with van der Waals surface area (Å²) in [6.45, 7) is 1.10. The van der Waals surface area contributed by atoms with Crippen LogP contribution in [-0.4, -0.2) is 60.2 Å².